The van der Waals surface area contributed by atoms with Gasteiger partial charge in [-0.2, -0.15) is 12.6 Å². The highest BCUT2D eigenvalue weighted by Gasteiger charge is 2.31. The average Bonchev–Trinajstić information content (AvgIpc) is 2.34. The van der Waals surface area contributed by atoms with E-state index < -0.39 is 0 Å². The molecule has 1 aliphatic carbocycles. The minimum atomic E-state index is 0.122. The molecule has 0 aliphatic heterocycles. The molecular formula is C14H21NOS. The maximum atomic E-state index is 11.9. The van der Waals surface area contributed by atoms with Crippen molar-refractivity contribution in [1.82, 2.24) is 4.57 Å². The molecule has 1 aliphatic rings. The summed E-state index contributed by atoms with van der Waals surface area (Å²) in [6, 6.07) is 3.73. The zero-order chi connectivity index (χ0) is 12.3. The SMILES string of the molecule is Cc1ccn(CC2(CS)CCCCC2)c(=O)c1. The Bertz CT molecular complexity index is 432. The molecule has 0 bridgehead atoms. The Kier molecular flexibility index (Phi) is 3.97. The summed E-state index contributed by atoms with van der Waals surface area (Å²) < 4.78 is 1.86. The summed E-state index contributed by atoms with van der Waals surface area (Å²) in [7, 11) is 0. The predicted molar refractivity (Wildman–Crippen MR) is 74.8 cm³/mol. The molecule has 17 heavy (non-hydrogen) atoms. The summed E-state index contributed by atoms with van der Waals surface area (Å²) in [4.78, 5) is 11.9. The summed E-state index contributed by atoms with van der Waals surface area (Å²) >= 11 is 4.52. The van der Waals surface area contributed by atoms with Gasteiger partial charge in [-0.25, -0.2) is 0 Å². The van der Waals surface area contributed by atoms with E-state index in [0.717, 1.165) is 17.9 Å². The minimum absolute atomic E-state index is 0.122. The van der Waals surface area contributed by atoms with Gasteiger partial charge in [0.25, 0.3) is 5.56 Å². The van der Waals surface area contributed by atoms with Gasteiger partial charge < -0.3 is 4.57 Å². The van der Waals surface area contributed by atoms with Crippen molar-refractivity contribution in [3.05, 3.63) is 34.2 Å². The number of rotatable bonds is 3. The summed E-state index contributed by atoms with van der Waals surface area (Å²) in [6.07, 6.45) is 8.23. The third kappa shape index (κ3) is 2.95. The van der Waals surface area contributed by atoms with Crippen molar-refractivity contribution in [2.24, 2.45) is 5.41 Å². The lowest BCUT2D eigenvalue weighted by Crippen LogP contribution is -2.35. The van der Waals surface area contributed by atoms with Crippen LogP contribution >= 0.6 is 12.6 Å². The first-order chi connectivity index (χ1) is 8.15. The van der Waals surface area contributed by atoms with E-state index in [1.807, 2.05) is 23.8 Å². The van der Waals surface area contributed by atoms with Crippen molar-refractivity contribution >= 4 is 12.6 Å². The Hall–Kier alpha value is -0.700. The van der Waals surface area contributed by atoms with E-state index in [1.54, 1.807) is 6.07 Å². The van der Waals surface area contributed by atoms with Crippen molar-refractivity contribution in [3.8, 4) is 0 Å². The molecule has 2 nitrogen and oxygen atoms in total. The van der Waals surface area contributed by atoms with E-state index >= 15 is 0 Å². The quantitative estimate of drug-likeness (QED) is 0.820. The highest BCUT2D eigenvalue weighted by Crippen LogP contribution is 2.38. The second-order valence-electron chi connectivity index (χ2n) is 5.39. The maximum absolute atomic E-state index is 11.9. The molecule has 1 saturated carbocycles. The Labute approximate surface area is 108 Å². The Balaban J connectivity index is 2.20. The normalized spacial score (nSPS) is 19.2. The molecule has 0 atom stereocenters. The molecule has 1 aromatic heterocycles. The van der Waals surface area contributed by atoms with Crippen molar-refractivity contribution in [2.75, 3.05) is 5.75 Å². The molecule has 0 N–H and O–H groups in total. The van der Waals surface area contributed by atoms with Crippen molar-refractivity contribution in [1.29, 1.82) is 0 Å². The third-order valence-corrected chi connectivity index (χ3v) is 4.58. The second-order valence-corrected chi connectivity index (χ2v) is 5.71. The summed E-state index contributed by atoms with van der Waals surface area (Å²) in [5, 5.41) is 0. The third-order valence-electron chi connectivity index (χ3n) is 3.91. The van der Waals surface area contributed by atoms with Crippen molar-refractivity contribution in [3.63, 3.8) is 0 Å². The molecular weight excluding hydrogens is 230 g/mol. The Morgan fingerprint density at radius 1 is 1.35 bits per heavy atom. The van der Waals surface area contributed by atoms with Crippen LogP contribution < -0.4 is 5.56 Å². The lowest BCUT2D eigenvalue weighted by molar-refractivity contribution is 0.188. The van der Waals surface area contributed by atoms with Crippen LogP contribution in [0.2, 0.25) is 0 Å². The van der Waals surface area contributed by atoms with Crippen LogP contribution in [0.1, 0.15) is 37.7 Å². The molecule has 94 valence electrons. The van der Waals surface area contributed by atoms with Crippen LogP contribution in [0.25, 0.3) is 0 Å². The fourth-order valence-electron chi connectivity index (χ4n) is 2.77. The Morgan fingerprint density at radius 2 is 2.06 bits per heavy atom. The van der Waals surface area contributed by atoms with Gasteiger partial charge in [-0.1, -0.05) is 19.3 Å². The number of thiol groups is 1. The fraction of sp³-hybridized carbons (Fsp3) is 0.643. The molecule has 1 aromatic rings. The highest BCUT2D eigenvalue weighted by molar-refractivity contribution is 7.80. The first kappa shape index (κ1) is 12.7. The van der Waals surface area contributed by atoms with Crippen LogP contribution in [-0.4, -0.2) is 10.3 Å². The number of nitrogens with zero attached hydrogens (tertiary/aromatic N) is 1. The van der Waals surface area contributed by atoms with Gasteiger partial charge in [0, 0.05) is 18.8 Å². The van der Waals surface area contributed by atoms with E-state index in [2.05, 4.69) is 12.6 Å². The van der Waals surface area contributed by atoms with E-state index in [9.17, 15) is 4.79 Å². The van der Waals surface area contributed by atoms with Gasteiger partial charge in [0.15, 0.2) is 0 Å². The molecule has 0 radical (unpaired) electrons. The molecule has 0 spiro atoms. The van der Waals surface area contributed by atoms with Gasteiger partial charge in [-0.3, -0.25) is 4.79 Å². The number of aromatic nitrogens is 1. The maximum Gasteiger partial charge on any atom is 0.250 e. The zero-order valence-electron chi connectivity index (χ0n) is 10.5. The van der Waals surface area contributed by atoms with Crippen LogP contribution in [0.5, 0.6) is 0 Å². The monoisotopic (exact) mass is 251 g/mol. The van der Waals surface area contributed by atoms with Gasteiger partial charge >= 0.3 is 0 Å². The van der Waals surface area contributed by atoms with Crippen molar-refractivity contribution < 1.29 is 0 Å². The van der Waals surface area contributed by atoms with Crippen LogP contribution in [-0.2, 0) is 6.54 Å². The predicted octanol–water partition coefficient (Wildman–Crippen LogP) is 3.04. The van der Waals surface area contributed by atoms with Crippen LogP contribution in [0, 0.1) is 12.3 Å². The molecule has 0 unspecified atom stereocenters. The first-order valence-electron chi connectivity index (χ1n) is 6.43. The number of aryl methyl sites for hydroxylation is 1. The second kappa shape index (κ2) is 5.30. The number of hydrogen-bond donors (Lipinski definition) is 1. The Morgan fingerprint density at radius 3 is 2.65 bits per heavy atom. The van der Waals surface area contributed by atoms with Gasteiger partial charge in [0.05, 0.1) is 0 Å². The fourth-order valence-corrected chi connectivity index (χ4v) is 3.18. The summed E-state index contributed by atoms with van der Waals surface area (Å²) in [5.74, 6) is 0.882. The van der Waals surface area contributed by atoms with Gasteiger partial charge in [-0.05, 0) is 42.6 Å². The van der Waals surface area contributed by atoms with Crippen LogP contribution in [0.3, 0.4) is 0 Å². The van der Waals surface area contributed by atoms with E-state index in [4.69, 9.17) is 0 Å². The largest absolute Gasteiger partial charge is 0.315 e. The molecule has 2 rings (SSSR count). The van der Waals surface area contributed by atoms with Crippen LogP contribution in [0.15, 0.2) is 23.1 Å². The van der Waals surface area contributed by atoms with Gasteiger partial charge in [0.2, 0.25) is 0 Å². The number of hydrogen-bond acceptors (Lipinski definition) is 2. The smallest absolute Gasteiger partial charge is 0.250 e. The van der Waals surface area contributed by atoms with E-state index in [1.165, 1.54) is 32.1 Å². The highest BCUT2D eigenvalue weighted by atomic mass is 32.1. The molecule has 1 fully saturated rings. The number of pyridine rings is 1. The average molecular weight is 251 g/mol. The zero-order valence-corrected chi connectivity index (χ0v) is 11.4. The standard InChI is InChI=1S/C14H21NOS/c1-12-5-8-15(13(16)9-12)10-14(11-17)6-3-2-4-7-14/h5,8-9,17H,2-4,6-7,10-11H2,1H3. The summed E-state index contributed by atoms with van der Waals surface area (Å²) in [5.41, 5.74) is 1.40. The lowest BCUT2D eigenvalue weighted by atomic mass is 9.75. The van der Waals surface area contributed by atoms with Gasteiger partial charge in [-0.15, -0.1) is 0 Å². The molecule has 0 amide bonds. The molecule has 0 saturated heterocycles. The first-order valence-corrected chi connectivity index (χ1v) is 7.06. The summed E-state index contributed by atoms with van der Waals surface area (Å²) in [6.45, 7) is 2.79. The molecule has 1 heterocycles. The van der Waals surface area contributed by atoms with Crippen LogP contribution in [0.4, 0.5) is 0 Å². The van der Waals surface area contributed by atoms with E-state index in [0.29, 0.717) is 0 Å². The topological polar surface area (TPSA) is 22.0 Å². The molecule has 3 heteroatoms. The van der Waals surface area contributed by atoms with E-state index in [-0.39, 0.29) is 11.0 Å². The molecule has 0 aromatic carbocycles. The lowest BCUT2D eigenvalue weighted by Gasteiger charge is -2.36. The van der Waals surface area contributed by atoms with Crippen molar-refractivity contribution in [2.45, 2.75) is 45.6 Å². The minimum Gasteiger partial charge on any atom is -0.315 e. The van der Waals surface area contributed by atoms with Gasteiger partial charge in [0.1, 0.15) is 0 Å².